The molecule has 0 radical (unpaired) electrons. The Hall–Kier alpha value is -0.920. The van der Waals surface area contributed by atoms with Gasteiger partial charge in [0.05, 0.1) is 10.2 Å². The van der Waals surface area contributed by atoms with Crippen LogP contribution in [-0.4, -0.2) is 26.3 Å². The van der Waals surface area contributed by atoms with E-state index >= 15 is 0 Å². The number of anilines is 1. The Balaban J connectivity index is 3.34. The van der Waals surface area contributed by atoms with Crippen LogP contribution in [0.1, 0.15) is 0 Å². The van der Waals surface area contributed by atoms with E-state index in [0.29, 0.717) is 0 Å². The zero-order chi connectivity index (χ0) is 13.2. The molecule has 2 N–H and O–H groups in total. The van der Waals surface area contributed by atoms with Crippen molar-refractivity contribution >= 4 is 31.6 Å². The highest BCUT2D eigenvalue weighted by molar-refractivity contribution is 9.10. The van der Waals surface area contributed by atoms with Crippen molar-refractivity contribution in [1.82, 2.24) is 4.31 Å². The molecule has 0 fully saturated rings. The average Bonchev–Trinajstić information content (AvgIpc) is 2.23. The Morgan fingerprint density at radius 2 is 2.18 bits per heavy atom. The third-order valence-corrected chi connectivity index (χ3v) is 4.61. The zero-order valence-electron chi connectivity index (χ0n) is 9.15. The van der Waals surface area contributed by atoms with Gasteiger partial charge in [-0.3, -0.25) is 0 Å². The van der Waals surface area contributed by atoms with E-state index in [2.05, 4.69) is 22.5 Å². The lowest BCUT2D eigenvalue weighted by atomic mass is 10.3. The van der Waals surface area contributed by atoms with Crippen molar-refractivity contribution in [3.05, 3.63) is 35.1 Å². The lowest BCUT2D eigenvalue weighted by molar-refractivity contribution is 0.499. The molecule has 1 rings (SSSR count). The lowest BCUT2D eigenvalue weighted by Crippen LogP contribution is -2.27. The van der Waals surface area contributed by atoms with Gasteiger partial charge in [-0.2, -0.15) is 4.31 Å². The van der Waals surface area contributed by atoms with Gasteiger partial charge in [0, 0.05) is 13.6 Å². The Bertz CT molecular complexity index is 545. The monoisotopic (exact) mass is 322 g/mol. The van der Waals surface area contributed by atoms with E-state index in [-0.39, 0.29) is 21.6 Å². The predicted octanol–water partition coefficient (Wildman–Crippen LogP) is 1.98. The molecule has 94 valence electrons. The normalized spacial score (nSPS) is 11.8. The largest absolute Gasteiger partial charge is 0.398 e. The van der Waals surface area contributed by atoms with Crippen molar-refractivity contribution in [2.75, 3.05) is 19.3 Å². The predicted molar refractivity (Wildman–Crippen MR) is 68.5 cm³/mol. The number of benzene rings is 1. The maximum Gasteiger partial charge on any atom is 0.245 e. The minimum atomic E-state index is -3.73. The molecule has 0 aliphatic heterocycles. The SMILES string of the molecule is C=CCN(C)S(=O)(=O)c1cc(Br)c(F)cc1N. The van der Waals surface area contributed by atoms with Gasteiger partial charge in [0.15, 0.2) is 0 Å². The van der Waals surface area contributed by atoms with Crippen LogP contribution in [0.2, 0.25) is 0 Å². The first-order valence-corrected chi connectivity index (χ1v) is 6.85. The van der Waals surface area contributed by atoms with Crippen molar-refractivity contribution in [3.8, 4) is 0 Å². The molecule has 0 saturated carbocycles. The van der Waals surface area contributed by atoms with Gasteiger partial charge in [-0.05, 0) is 28.1 Å². The number of nitrogens with two attached hydrogens (primary N) is 1. The molecular formula is C10H12BrFN2O2S. The number of hydrogen-bond acceptors (Lipinski definition) is 3. The Morgan fingerprint density at radius 3 is 2.71 bits per heavy atom. The fourth-order valence-corrected chi connectivity index (χ4v) is 2.97. The first kappa shape index (κ1) is 14.1. The van der Waals surface area contributed by atoms with Gasteiger partial charge in [-0.15, -0.1) is 6.58 Å². The summed E-state index contributed by atoms with van der Waals surface area (Å²) in [4.78, 5) is -0.130. The van der Waals surface area contributed by atoms with Gasteiger partial charge in [-0.25, -0.2) is 12.8 Å². The smallest absolute Gasteiger partial charge is 0.245 e. The molecule has 0 aliphatic rings. The molecule has 0 saturated heterocycles. The van der Waals surface area contributed by atoms with Crippen LogP contribution >= 0.6 is 15.9 Å². The molecule has 17 heavy (non-hydrogen) atoms. The minimum Gasteiger partial charge on any atom is -0.398 e. The standard InChI is InChI=1S/C10H12BrFN2O2S/c1-3-4-14(2)17(15,16)10-5-7(11)8(12)6-9(10)13/h3,5-6H,1,4,13H2,2H3. The fourth-order valence-electron chi connectivity index (χ4n) is 1.22. The van der Waals surface area contributed by atoms with E-state index in [4.69, 9.17) is 5.73 Å². The second-order valence-corrected chi connectivity index (χ2v) is 6.25. The summed E-state index contributed by atoms with van der Waals surface area (Å²) < 4.78 is 38.4. The molecule has 1 aromatic carbocycles. The second-order valence-electron chi connectivity index (χ2n) is 3.38. The fraction of sp³-hybridized carbons (Fsp3) is 0.200. The Morgan fingerprint density at radius 1 is 1.59 bits per heavy atom. The van der Waals surface area contributed by atoms with Gasteiger partial charge in [0.1, 0.15) is 10.7 Å². The molecule has 0 atom stereocenters. The van der Waals surface area contributed by atoms with Crippen LogP contribution < -0.4 is 5.73 Å². The molecule has 0 aliphatic carbocycles. The number of halogens is 2. The van der Waals surface area contributed by atoms with Crippen molar-refractivity contribution < 1.29 is 12.8 Å². The van der Waals surface area contributed by atoms with Gasteiger partial charge < -0.3 is 5.73 Å². The van der Waals surface area contributed by atoms with Gasteiger partial charge >= 0.3 is 0 Å². The van der Waals surface area contributed by atoms with Crippen LogP contribution in [0, 0.1) is 5.82 Å². The highest BCUT2D eigenvalue weighted by Crippen LogP contribution is 2.27. The summed E-state index contributed by atoms with van der Waals surface area (Å²) in [5.74, 6) is -0.604. The van der Waals surface area contributed by atoms with Crippen LogP contribution in [0.3, 0.4) is 0 Å². The maximum absolute atomic E-state index is 13.1. The van der Waals surface area contributed by atoms with Crippen LogP contribution in [0.4, 0.5) is 10.1 Å². The second kappa shape index (κ2) is 5.16. The average molecular weight is 323 g/mol. The van der Waals surface area contributed by atoms with Crippen LogP contribution in [0.5, 0.6) is 0 Å². The number of sulfonamides is 1. The number of nitrogen functional groups attached to an aromatic ring is 1. The molecule has 7 heteroatoms. The molecule has 0 bridgehead atoms. The molecule has 0 amide bonds. The van der Waals surface area contributed by atoms with Crippen molar-refractivity contribution in [1.29, 1.82) is 0 Å². The third-order valence-electron chi connectivity index (χ3n) is 2.13. The van der Waals surface area contributed by atoms with E-state index in [1.807, 2.05) is 0 Å². The Kier molecular flexibility index (Phi) is 4.29. The van der Waals surface area contributed by atoms with E-state index in [1.165, 1.54) is 13.1 Å². The van der Waals surface area contributed by atoms with Gasteiger partial charge in [0.2, 0.25) is 10.0 Å². The highest BCUT2D eigenvalue weighted by atomic mass is 79.9. The van der Waals surface area contributed by atoms with E-state index < -0.39 is 15.8 Å². The topological polar surface area (TPSA) is 63.4 Å². The summed E-state index contributed by atoms with van der Waals surface area (Å²) in [5, 5.41) is 0. The van der Waals surface area contributed by atoms with Crippen LogP contribution in [0.15, 0.2) is 34.2 Å². The summed E-state index contributed by atoms with van der Waals surface area (Å²) >= 11 is 2.93. The van der Waals surface area contributed by atoms with Gasteiger partial charge in [0.25, 0.3) is 0 Å². The van der Waals surface area contributed by atoms with Gasteiger partial charge in [-0.1, -0.05) is 6.08 Å². The minimum absolute atomic E-state index is 0.0530. The molecular weight excluding hydrogens is 311 g/mol. The number of nitrogens with zero attached hydrogens (tertiary/aromatic N) is 1. The highest BCUT2D eigenvalue weighted by Gasteiger charge is 2.23. The number of hydrogen-bond donors (Lipinski definition) is 1. The van der Waals surface area contributed by atoms with Crippen molar-refractivity contribution in [2.24, 2.45) is 0 Å². The lowest BCUT2D eigenvalue weighted by Gasteiger charge is -2.16. The first-order chi connectivity index (χ1) is 7.80. The van der Waals surface area contributed by atoms with E-state index in [1.54, 1.807) is 0 Å². The summed E-state index contributed by atoms with van der Waals surface area (Å²) in [5.41, 5.74) is 5.39. The summed E-state index contributed by atoms with van der Waals surface area (Å²) in [6.07, 6.45) is 1.45. The molecule has 0 aromatic heterocycles. The zero-order valence-corrected chi connectivity index (χ0v) is 11.6. The van der Waals surface area contributed by atoms with Crippen LogP contribution in [0.25, 0.3) is 0 Å². The summed E-state index contributed by atoms with van der Waals surface area (Å²) in [6.45, 7) is 3.60. The summed E-state index contributed by atoms with van der Waals surface area (Å²) in [6, 6.07) is 2.12. The Labute approximate surface area is 108 Å². The molecule has 1 aromatic rings. The number of likely N-dealkylation sites (N-methyl/N-ethyl adjacent to an activating group) is 1. The molecule has 0 spiro atoms. The maximum atomic E-state index is 13.1. The molecule has 4 nitrogen and oxygen atoms in total. The molecule has 0 unspecified atom stereocenters. The quantitative estimate of drug-likeness (QED) is 0.681. The van der Waals surface area contributed by atoms with E-state index in [0.717, 1.165) is 16.4 Å². The van der Waals surface area contributed by atoms with E-state index in [9.17, 15) is 12.8 Å². The molecule has 0 heterocycles. The van der Waals surface area contributed by atoms with Crippen molar-refractivity contribution in [3.63, 3.8) is 0 Å². The first-order valence-electron chi connectivity index (χ1n) is 4.62. The van der Waals surface area contributed by atoms with Crippen molar-refractivity contribution in [2.45, 2.75) is 4.90 Å². The van der Waals surface area contributed by atoms with Crippen LogP contribution in [-0.2, 0) is 10.0 Å². The number of rotatable bonds is 4. The summed E-state index contributed by atoms with van der Waals surface area (Å²) in [7, 11) is -2.33. The third kappa shape index (κ3) is 2.85.